The van der Waals surface area contributed by atoms with E-state index in [1.807, 2.05) is 14.0 Å². The van der Waals surface area contributed by atoms with E-state index in [1.165, 1.54) is 6.07 Å². The lowest BCUT2D eigenvalue weighted by atomic mass is 10.1. The molecule has 0 radical (unpaired) electrons. The average Bonchev–Trinajstić information content (AvgIpc) is 2.61. The fourth-order valence-electron chi connectivity index (χ4n) is 1.96. The van der Waals surface area contributed by atoms with Gasteiger partial charge in [0.05, 0.1) is 15.9 Å². The second-order valence-electron chi connectivity index (χ2n) is 4.73. The van der Waals surface area contributed by atoms with Crippen molar-refractivity contribution in [2.24, 2.45) is 12.8 Å². The maximum absolute atomic E-state index is 13.8. The fourth-order valence-corrected chi connectivity index (χ4v) is 2.41. The van der Waals surface area contributed by atoms with Crippen LogP contribution in [0.3, 0.4) is 0 Å². The van der Waals surface area contributed by atoms with Gasteiger partial charge in [-0.05, 0) is 35.8 Å². The Kier molecular flexibility index (Phi) is 4.45. The van der Waals surface area contributed by atoms with E-state index in [0.29, 0.717) is 17.9 Å². The minimum Gasteiger partial charge on any atom is -0.487 e. The molecule has 2 aromatic rings. The third kappa shape index (κ3) is 3.02. The highest BCUT2D eigenvalue weighted by molar-refractivity contribution is 9.10. The van der Waals surface area contributed by atoms with Crippen molar-refractivity contribution in [2.45, 2.75) is 26.5 Å². The summed E-state index contributed by atoms with van der Waals surface area (Å²) in [6, 6.07) is 4.39. The monoisotopic (exact) mass is 341 g/mol. The average molecular weight is 342 g/mol. The zero-order chi connectivity index (χ0) is 14.9. The first-order chi connectivity index (χ1) is 9.40. The Morgan fingerprint density at radius 3 is 2.70 bits per heavy atom. The maximum atomic E-state index is 13.8. The molecule has 1 aromatic heterocycles. The number of nitrogens with two attached hydrogens (primary N) is 1. The van der Waals surface area contributed by atoms with Crippen LogP contribution in [0.1, 0.15) is 29.9 Å². The summed E-state index contributed by atoms with van der Waals surface area (Å²) in [5.74, 6) is 0.121. The highest BCUT2D eigenvalue weighted by atomic mass is 79.9. The van der Waals surface area contributed by atoms with E-state index in [1.54, 1.807) is 23.7 Å². The van der Waals surface area contributed by atoms with Crippen molar-refractivity contribution in [1.29, 1.82) is 0 Å². The number of aryl methyl sites for hydroxylation is 2. The Hall–Kier alpha value is -1.40. The molecule has 20 heavy (non-hydrogen) atoms. The molecule has 0 unspecified atom stereocenters. The molecule has 0 aliphatic carbocycles. The van der Waals surface area contributed by atoms with Gasteiger partial charge in [-0.25, -0.2) is 4.39 Å². The van der Waals surface area contributed by atoms with Gasteiger partial charge in [0.1, 0.15) is 18.2 Å². The molecule has 4 nitrogen and oxygen atoms in total. The van der Waals surface area contributed by atoms with Crippen LogP contribution < -0.4 is 10.5 Å². The zero-order valence-corrected chi connectivity index (χ0v) is 13.2. The van der Waals surface area contributed by atoms with Crippen LogP contribution in [0.25, 0.3) is 0 Å². The summed E-state index contributed by atoms with van der Waals surface area (Å²) in [7, 11) is 1.84. The van der Waals surface area contributed by atoms with Crippen molar-refractivity contribution in [2.75, 3.05) is 0 Å². The molecule has 108 valence electrons. The van der Waals surface area contributed by atoms with Crippen molar-refractivity contribution >= 4 is 15.9 Å². The van der Waals surface area contributed by atoms with Gasteiger partial charge in [0, 0.05) is 24.7 Å². The molecule has 0 saturated carbocycles. The van der Waals surface area contributed by atoms with Gasteiger partial charge in [-0.15, -0.1) is 0 Å². The summed E-state index contributed by atoms with van der Waals surface area (Å²) in [6.45, 7) is 3.97. The van der Waals surface area contributed by atoms with Gasteiger partial charge in [-0.3, -0.25) is 4.68 Å². The molecule has 0 fully saturated rings. The standard InChI is InChI=1S/C14H17BrFN3O/c1-8(17)11-5-4-10(6-12(11)16)20-7-13-14(15)9(2)18-19(13)3/h4-6,8H,7,17H2,1-3H3/t8-/m0/s1. The van der Waals surface area contributed by atoms with Gasteiger partial charge in [-0.2, -0.15) is 5.10 Å². The lowest BCUT2D eigenvalue weighted by Gasteiger charge is -2.11. The molecular formula is C14H17BrFN3O. The third-order valence-electron chi connectivity index (χ3n) is 3.10. The van der Waals surface area contributed by atoms with Crippen molar-refractivity contribution in [3.63, 3.8) is 0 Å². The Bertz CT molecular complexity index is 625. The predicted molar refractivity (Wildman–Crippen MR) is 79.0 cm³/mol. The minimum atomic E-state index is -0.349. The van der Waals surface area contributed by atoms with Crippen molar-refractivity contribution in [1.82, 2.24) is 9.78 Å². The first kappa shape index (κ1) is 15.0. The summed E-state index contributed by atoms with van der Waals surface area (Å²) >= 11 is 3.47. The van der Waals surface area contributed by atoms with Gasteiger partial charge >= 0.3 is 0 Å². The molecule has 0 amide bonds. The first-order valence-corrected chi connectivity index (χ1v) is 7.05. The SMILES string of the molecule is Cc1nn(C)c(COc2ccc([C@H](C)N)c(F)c2)c1Br. The van der Waals surface area contributed by atoms with Crippen molar-refractivity contribution in [3.8, 4) is 5.75 Å². The number of halogens is 2. The molecule has 1 atom stereocenters. The largest absolute Gasteiger partial charge is 0.487 e. The number of benzene rings is 1. The van der Waals surface area contributed by atoms with Gasteiger partial charge in [0.15, 0.2) is 0 Å². The lowest BCUT2D eigenvalue weighted by molar-refractivity contribution is 0.292. The van der Waals surface area contributed by atoms with Crippen LogP contribution in [0.5, 0.6) is 5.75 Å². The summed E-state index contributed by atoms with van der Waals surface area (Å²) in [5.41, 5.74) is 7.95. The van der Waals surface area contributed by atoms with Crippen LogP contribution in [0.2, 0.25) is 0 Å². The normalized spacial score (nSPS) is 12.5. The maximum Gasteiger partial charge on any atom is 0.131 e. The predicted octanol–water partition coefficient (Wildman–Crippen LogP) is 3.23. The Morgan fingerprint density at radius 1 is 1.50 bits per heavy atom. The van der Waals surface area contributed by atoms with Crippen LogP contribution in [0.4, 0.5) is 4.39 Å². The smallest absolute Gasteiger partial charge is 0.131 e. The van der Waals surface area contributed by atoms with E-state index in [4.69, 9.17) is 10.5 Å². The molecular weight excluding hydrogens is 325 g/mol. The van der Waals surface area contributed by atoms with E-state index >= 15 is 0 Å². The molecule has 2 N–H and O–H groups in total. The second kappa shape index (κ2) is 5.93. The Balaban J connectivity index is 2.13. The van der Waals surface area contributed by atoms with E-state index in [-0.39, 0.29) is 11.9 Å². The number of ether oxygens (including phenoxy) is 1. The number of rotatable bonds is 4. The van der Waals surface area contributed by atoms with Gasteiger partial charge < -0.3 is 10.5 Å². The van der Waals surface area contributed by atoms with E-state index in [0.717, 1.165) is 15.9 Å². The highest BCUT2D eigenvalue weighted by Crippen LogP contribution is 2.24. The molecule has 2 rings (SSSR count). The molecule has 0 aliphatic heterocycles. The molecule has 0 saturated heterocycles. The van der Waals surface area contributed by atoms with E-state index in [9.17, 15) is 4.39 Å². The van der Waals surface area contributed by atoms with Gasteiger partial charge in [0.2, 0.25) is 0 Å². The molecule has 0 spiro atoms. The summed E-state index contributed by atoms with van der Waals surface area (Å²) in [4.78, 5) is 0. The van der Waals surface area contributed by atoms with Crippen molar-refractivity contribution < 1.29 is 9.13 Å². The van der Waals surface area contributed by atoms with Crippen LogP contribution in [-0.2, 0) is 13.7 Å². The van der Waals surface area contributed by atoms with Crippen LogP contribution in [0, 0.1) is 12.7 Å². The molecule has 1 heterocycles. The fraction of sp³-hybridized carbons (Fsp3) is 0.357. The highest BCUT2D eigenvalue weighted by Gasteiger charge is 2.12. The Morgan fingerprint density at radius 2 is 2.20 bits per heavy atom. The summed E-state index contributed by atoms with van der Waals surface area (Å²) in [5, 5.41) is 4.28. The van der Waals surface area contributed by atoms with Gasteiger partial charge in [0.25, 0.3) is 0 Å². The molecule has 1 aromatic carbocycles. The van der Waals surface area contributed by atoms with Crippen LogP contribution >= 0.6 is 15.9 Å². The second-order valence-corrected chi connectivity index (χ2v) is 5.52. The van der Waals surface area contributed by atoms with Gasteiger partial charge in [-0.1, -0.05) is 6.07 Å². The zero-order valence-electron chi connectivity index (χ0n) is 11.7. The third-order valence-corrected chi connectivity index (χ3v) is 4.13. The van der Waals surface area contributed by atoms with Crippen molar-refractivity contribution in [3.05, 3.63) is 45.4 Å². The lowest BCUT2D eigenvalue weighted by Crippen LogP contribution is -2.08. The number of hydrogen-bond donors (Lipinski definition) is 1. The number of hydrogen-bond acceptors (Lipinski definition) is 3. The van der Waals surface area contributed by atoms with Crippen LogP contribution in [-0.4, -0.2) is 9.78 Å². The van der Waals surface area contributed by atoms with E-state index in [2.05, 4.69) is 21.0 Å². The molecule has 0 bridgehead atoms. The minimum absolute atomic E-state index is 0.314. The molecule has 0 aliphatic rings. The summed E-state index contributed by atoms with van der Waals surface area (Å²) in [6.07, 6.45) is 0. The summed E-state index contributed by atoms with van der Waals surface area (Å²) < 4.78 is 22.1. The number of nitrogens with zero attached hydrogens (tertiary/aromatic N) is 2. The number of aromatic nitrogens is 2. The first-order valence-electron chi connectivity index (χ1n) is 6.26. The Labute approximate surface area is 125 Å². The quantitative estimate of drug-likeness (QED) is 0.928. The van der Waals surface area contributed by atoms with Crippen LogP contribution in [0.15, 0.2) is 22.7 Å². The van der Waals surface area contributed by atoms with E-state index < -0.39 is 0 Å². The molecule has 6 heteroatoms. The topological polar surface area (TPSA) is 53.1 Å².